The van der Waals surface area contributed by atoms with Crippen molar-refractivity contribution < 1.29 is 13.2 Å². The lowest BCUT2D eigenvalue weighted by Crippen LogP contribution is -2.41. The third-order valence-corrected chi connectivity index (χ3v) is 5.23. The fourth-order valence-electron chi connectivity index (χ4n) is 1.85. The van der Waals surface area contributed by atoms with Gasteiger partial charge in [0.25, 0.3) is 0 Å². The number of sulfonamides is 1. The number of hydrogen-bond acceptors (Lipinski definition) is 4. The van der Waals surface area contributed by atoms with Crippen molar-refractivity contribution in [2.75, 3.05) is 32.4 Å². The van der Waals surface area contributed by atoms with Gasteiger partial charge in [0.2, 0.25) is 15.9 Å². The second-order valence-corrected chi connectivity index (χ2v) is 6.96. The predicted octanol–water partition coefficient (Wildman–Crippen LogP) is 1.41. The van der Waals surface area contributed by atoms with Gasteiger partial charge < -0.3 is 10.6 Å². The molecule has 1 rings (SSSR count). The van der Waals surface area contributed by atoms with Gasteiger partial charge in [0.1, 0.15) is 4.90 Å². The lowest BCUT2D eigenvalue weighted by atomic mass is 10.3. The molecule has 0 heterocycles. The van der Waals surface area contributed by atoms with Crippen molar-refractivity contribution in [3.63, 3.8) is 0 Å². The van der Waals surface area contributed by atoms with E-state index in [2.05, 4.69) is 0 Å². The first-order chi connectivity index (χ1) is 9.73. The monoisotopic (exact) mass is 333 g/mol. The quantitative estimate of drug-likeness (QED) is 0.798. The van der Waals surface area contributed by atoms with Crippen LogP contribution in [0.3, 0.4) is 0 Å². The van der Waals surface area contributed by atoms with Crippen LogP contribution in [0.4, 0.5) is 5.69 Å². The Bertz CT molecular complexity index is 615. The van der Waals surface area contributed by atoms with Crippen LogP contribution in [0, 0.1) is 0 Å². The van der Waals surface area contributed by atoms with E-state index < -0.39 is 10.0 Å². The average Bonchev–Trinajstić information content (AvgIpc) is 2.42. The number of rotatable bonds is 6. The molecule has 8 heteroatoms. The summed E-state index contributed by atoms with van der Waals surface area (Å²) in [6, 6.07) is 4.22. The average molecular weight is 334 g/mol. The van der Waals surface area contributed by atoms with Gasteiger partial charge in [-0.05, 0) is 32.0 Å². The van der Waals surface area contributed by atoms with Crippen LogP contribution in [0.5, 0.6) is 0 Å². The molecule has 0 saturated heterocycles. The summed E-state index contributed by atoms with van der Waals surface area (Å²) in [5.41, 5.74) is 5.80. The molecule has 0 radical (unpaired) electrons. The molecular formula is C13H20ClN3O3S. The Labute approximate surface area is 130 Å². The molecule has 0 saturated carbocycles. The number of likely N-dealkylation sites (N-methyl/N-ethyl adjacent to an activating group) is 2. The van der Waals surface area contributed by atoms with Crippen molar-refractivity contribution >= 4 is 33.2 Å². The van der Waals surface area contributed by atoms with E-state index in [0.717, 1.165) is 4.31 Å². The Morgan fingerprint density at radius 1 is 1.29 bits per heavy atom. The zero-order valence-electron chi connectivity index (χ0n) is 12.3. The van der Waals surface area contributed by atoms with E-state index in [9.17, 15) is 13.2 Å². The summed E-state index contributed by atoms with van der Waals surface area (Å²) in [6.07, 6.45) is 0. The number of amides is 1. The Hall–Kier alpha value is -1.31. The molecule has 1 aromatic rings. The van der Waals surface area contributed by atoms with Gasteiger partial charge in [-0.15, -0.1) is 0 Å². The Kier molecular flexibility index (Phi) is 6.00. The SMILES string of the molecule is CCN(CC)C(=O)CN(C)S(=O)(=O)c1cc(Cl)ccc1N. The van der Waals surface area contributed by atoms with Crippen LogP contribution in [0.15, 0.2) is 23.1 Å². The summed E-state index contributed by atoms with van der Waals surface area (Å²) >= 11 is 5.81. The zero-order valence-corrected chi connectivity index (χ0v) is 13.9. The fourth-order valence-corrected chi connectivity index (χ4v) is 3.35. The van der Waals surface area contributed by atoms with Gasteiger partial charge in [0.05, 0.1) is 12.2 Å². The normalized spacial score (nSPS) is 11.7. The maximum Gasteiger partial charge on any atom is 0.245 e. The highest BCUT2D eigenvalue weighted by atomic mass is 35.5. The van der Waals surface area contributed by atoms with Crippen molar-refractivity contribution in [1.82, 2.24) is 9.21 Å². The highest BCUT2D eigenvalue weighted by Gasteiger charge is 2.26. The topological polar surface area (TPSA) is 83.7 Å². The lowest BCUT2D eigenvalue weighted by molar-refractivity contribution is -0.130. The first kappa shape index (κ1) is 17.7. The van der Waals surface area contributed by atoms with Crippen molar-refractivity contribution in [2.24, 2.45) is 0 Å². The minimum Gasteiger partial charge on any atom is -0.398 e. The van der Waals surface area contributed by atoms with E-state index in [1.165, 1.54) is 25.2 Å². The van der Waals surface area contributed by atoms with Crippen LogP contribution in [0.25, 0.3) is 0 Å². The number of carbonyl (C=O) groups is 1. The third-order valence-electron chi connectivity index (χ3n) is 3.14. The second-order valence-electron chi connectivity index (χ2n) is 4.51. The van der Waals surface area contributed by atoms with E-state index in [1.807, 2.05) is 13.8 Å². The fraction of sp³-hybridized carbons (Fsp3) is 0.462. The summed E-state index contributed by atoms with van der Waals surface area (Å²) in [4.78, 5) is 13.5. The molecular weight excluding hydrogens is 314 g/mol. The van der Waals surface area contributed by atoms with E-state index in [0.29, 0.717) is 13.1 Å². The molecule has 21 heavy (non-hydrogen) atoms. The molecule has 1 amide bonds. The predicted molar refractivity (Wildman–Crippen MR) is 83.6 cm³/mol. The number of carbonyl (C=O) groups excluding carboxylic acids is 1. The molecule has 1 aromatic carbocycles. The van der Waals surface area contributed by atoms with Crippen LogP contribution < -0.4 is 5.73 Å². The van der Waals surface area contributed by atoms with Gasteiger partial charge in [-0.25, -0.2) is 8.42 Å². The highest BCUT2D eigenvalue weighted by Crippen LogP contribution is 2.25. The molecule has 0 aliphatic rings. The van der Waals surface area contributed by atoms with Gasteiger partial charge in [-0.1, -0.05) is 11.6 Å². The van der Waals surface area contributed by atoms with Gasteiger partial charge in [-0.2, -0.15) is 4.31 Å². The minimum atomic E-state index is -3.86. The first-order valence-electron chi connectivity index (χ1n) is 6.53. The summed E-state index contributed by atoms with van der Waals surface area (Å²) in [5, 5.41) is 0.270. The number of hydrogen-bond donors (Lipinski definition) is 1. The van der Waals surface area contributed by atoms with E-state index >= 15 is 0 Å². The van der Waals surface area contributed by atoms with Crippen LogP contribution in [0.1, 0.15) is 13.8 Å². The molecule has 0 fully saturated rings. The molecule has 0 unspecified atom stereocenters. The van der Waals surface area contributed by atoms with Crippen molar-refractivity contribution in [3.05, 3.63) is 23.2 Å². The van der Waals surface area contributed by atoms with Gasteiger partial charge in [0.15, 0.2) is 0 Å². The van der Waals surface area contributed by atoms with E-state index in [-0.39, 0.29) is 28.1 Å². The van der Waals surface area contributed by atoms with E-state index in [1.54, 1.807) is 4.90 Å². The first-order valence-corrected chi connectivity index (χ1v) is 8.35. The Morgan fingerprint density at radius 2 is 1.86 bits per heavy atom. The summed E-state index contributed by atoms with van der Waals surface area (Å²) in [5.74, 6) is -0.258. The molecule has 6 nitrogen and oxygen atoms in total. The molecule has 0 spiro atoms. The summed E-state index contributed by atoms with van der Waals surface area (Å²) < 4.78 is 25.9. The summed E-state index contributed by atoms with van der Waals surface area (Å²) in [6.45, 7) is 4.50. The van der Waals surface area contributed by atoms with Crippen molar-refractivity contribution in [2.45, 2.75) is 18.7 Å². The lowest BCUT2D eigenvalue weighted by Gasteiger charge is -2.23. The van der Waals surface area contributed by atoms with Gasteiger partial charge in [-0.3, -0.25) is 4.79 Å². The number of nitrogens with two attached hydrogens (primary N) is 1. The Balaban J connectivity index is 3.02. The Morgan fingerprint density at radius 3 is 2.38 bits per heavy atom. The smallest absolute Gasteiger partial charge is 0.245 e. The van der Waals surface area contributed by atoms with E-state index in [4.69, 9.17) is 17.3 Å². The molecule has 0 aliphatic carbocycles. The standard InChI is InChI=1S/C13H20ClN3O3S/c1-4-17(5-2)13(18)9-16(3)21(19,20)12-8-10(14)6-7-11(12)15/h6-8H,4-5,9,15H2,1-3H3. The molecule has 0 bridgehead atoms. The third kappa shape index (κ3) is 4.09. The second kappa shape index (κ2) is 7.11. The van der Waals surface area contributed by atoms with Crippen molar-refractivity contribution in [1.29, 1.82) is 0 Å². The maximum absolute atomic E-state index is 12.5. The number of halogens is 1. The maximum atomic E-state index is 12.5. The molecule has 0 aliphatic heterocycles. The van der Waals surface area contributed by atoms with Crippen LogP contribution in [-0.2, 0) is 14.8 Å². The van der Waals surface area contributed by atoms with Crippen LogP contribution in [-0.4, -0.2) is 50.2 Å². The molecule has 2 N–H and O–H groups in total. The molecule has 0 atom stereocenters. The largest absolute Gasteiger partial charge is 0.398 e. The van der Waals surface area contributed by atoms with Crippen LogP contribution in [0.2, 0.25) is 5.02 Å². The van der Waals surface area contributed by atoms with Gasteiger partial charge in [0, 0.05) is 25.2 Å². The minimum absolute atomic E-state index is 0.0927. The van der Waals surface area contributed by atoms with Crippen LogP contribution >= 0.6 is 11.6 Å². The molecule has 0 aromatic heterocycles. The zero-order chi connectivity index (χ0) is 16.2. The number of nitrogen functional groups attached to an aromatic ring is 1. The summed E-state index contributed by atoms with van der Waals surface area (Å²) in [7, 11) is -2.52. The highest BCUT2D eigenvalue weighted by molar-refractivity contribution is 7.89. The van der Waals surface area contributed by atoms with Crippen molar-refractivity contribution in [3.8, 4) is 0 Å². The molecule has 118 valence electrons. The van der Waals surface area contributed by atoms with Gasteiger partial charge >= 0.3 is 0 Å². The number of nitrogens with zero attached hydrogens (tertiary/aromatic N) is 2. The number of anilines is 1. The number of benzene rings is 1.